The van der Waals surface area contributed by atoms with E-state index in [1.165, 1.54) is 13.8 Å². The fourth-order valence-electron chi connectivity index (χ4n) is 1.60. The molecule has 8 heteroatoms. The second-order valence-electron chi connectivity index (χ2n) is 4.28. The summed E-state index contributed by atoms with van der Waals surface area (Å²) < 4.78 is 64.7. The highest BCUT2D eigenvalue weighted by atomic mass is 32.2. The van der Waals surface area contributed by atoms with Crippen LogP contribution in [-0.2, 0) is 10.0 Å². The van der Waals surface area contributed by atoms with Crippen LogP contribution in [0.3, 0.4) is 0 Å². The van der Waals surface area contributed by atoms with E-state index < -0.39 is 44.5 Å². The second kappa shape index (κ2) is 5.89. The molecule has 0 fully saturated rings. The van der Waals surface area contributed by atoms with Crippen molar-refractivity contribution < 1.29 is 26.7 Å². The first-order valence-corrected chi connectivity index (χ1v) is 6.97. The maximum atomic E-state index is 13.4. The van der Waals surface area contributed by atoms with Gasteiger partial charge < -0.3 is 5.11 Å². The van der Waals surface area contributed by atoms with Crippen LogP contribution < -0.4 is 4.72 Å². The minimum absolute atomic E-state index is 0.102. The molecule has 0 heterocycles. The molecule has 19 heavy (non-hydrogen) atoms. The van der Waals surface area contributed by atoms with E-state index in [2.05, 4.69) is 4.72 Å². The van der Waals surface area contributed by atoms with Gasteiger partial charge in [0, 0.05) is 6.04 Å². The minimum Gasteiger partial charge on any atom is -0.393 e. The molecular weight excluding hydrogens is 283 g/mol. The lowest BCUT2D eigenvalue weighted by Gasteiger charge is -2.16. The van der Waals surface area contributed by atoms with E-state index in [0.717, 1.165) is 0 Å². The van der Waals surface area contributed by atoms with Crippen molar-refractivity contribution >= 4 is 10.0 Å². The highest BCUT2D eigenvalue weighted by molar-refractivity contribution is 7.89. The van der Waals surface area contributed by atoms with Crippen molar-refractivity contribution in [2.75, 3.05) is 0 Å². The molecule has 4 nitrogen and oxygen atoms in total. The van der Waals surface area contributed by atoms with Crippen molar-refractivity contribution in [3.63, 3.8) is 0 Å². The Labute approximate surface area is 109 Å². The number of aliphatic hydroxyl groups is 1. The Morgan fingerprint density at radius 3 is 2.32 bits per heavy atom. The molecule has 2 N–H and O–H groups in total. The van der Waals surface area contributed by atoms with Crippen LogP contribution in [0.25, 0.3) is 0 Å². The van der Waals surface area contributed by atoms with Gasteiger partial charge in [0.15, 0.2) is 17.5 Å². The summed E-state index contributed by atoms with van der Waals surface area (Å²) in [6.07, 6.45) is -0.655. The van der Waals surface area contributed by atoms with Gasteiger partial charge in [-0.1, -0.05) is 0 Å². The van der Waals surface area contributed by atoms with Gasteiger partial charge in [0.05, 0.1) is 6.10 Å². The van der Waals surface area contributed by atoms with Gasteiger partial charge in [0.25, 0.3) is 0 Å². The summed E-state index contributed by atoms with van der Waals surface area (Å²) in [7, 11) is -4.32. The molecule has 1 aromatic rings. The van der Waals surface area contributed by atoms with Crippen molar-refractivity contribution in [2.45, 2.75) is 37.3 Å². The largest absolute Gasteiger partial charge is 0.393 e. The van der Waals surface area contributed by atoms with Crippen LogP contribution in [0.1, 0.15) is 20.3 Å². The molecule has 0 spiro atoms. The van der Waals surface area contributed by atoms with Crippen LogP contribution in [0.2, 0.25) is 0 Å². The summed E-state index contributed by atoms with van der Waals surface area (Å²) in [6, 6.07) is 0.495. The quantitative estimate of drug-likeness (QED) is 0.810. The number of benzene rings is 1. The molecule has 108 valence electrons. The molecule has 0 aliphatic rings. The lowest BCUT2D eigenvalue weighted by atomic mass is 10.2. The third-order valence-electron chi connectivity index (χ3n) is 2.34. The third kappa shape index (κ3) is 3.92. The van der Waals surface area contributed by atoms with Crippen LogP contribution in [0, 0.1) is 17.5 Å². The lowest BCUT2D eigenvalue weighted by molar-refractivity contribution is 0.175. The molecule has 0 aliphatic heterocycles. The zero-order chi connectivity index (χ0) is 14.8. The molecule has 2 atom stereocenters. The molecule has 0 radical (unpaired) electrons. The van der Waals surface area contributed by atoms with Crippen molar-refractivity contribution in [1.29, 1.82) is 0 Å². The molecule has 1 rings (SSSR count). The Bertz CT molecular complexity index is 561. The first-order chi connectivity index (χ1) is 8.65. The van der Waals surface area contributed by atoms with Gasteiger partial charge in [-0.05, 0) is 32.4 Å². The number of sulfonamides is 1. The Morgan fingerprint density at radius 2 is 1.79 bits per heavy atom. The first-order valence-electron chi connectivity index (χ1n) is 5.49. The van der Waals surface area contributed by atoms with Gasteiger partial charge in [-0.15, -0.1) is 0 Å². The molecule has 0 aromatic heterocycles. The number of aliphatic hydroxyl groups excluding tert-OH is 1. The van der Waals surface area contributed by atoms with E-state index in [1.54, 1.807) is 0 Å². The van der Waals surface area contributed by atoms with Gasteiger partial charge in [-0.2, -0.15) is 0 Å². The highest BCUT2D eigenvalue weighted by Crippen LogP contribution is 2.20. The van der Waals surface area contributed by atoms with E-state index in [1.807, 2.05) is 0 Å². The molecule has 2 unspecified atom stereocenters. The van der Waals surface area contributed by atoms with Crippen LogP contribution in [0.4, 0.5) is 13.2 Å². The van der Waals surface area contributed by atoms with Crippen molar-refractivity contribution in [3.05, 3.63) is 29.6 Å². The molecule has 0 bridgehead atoms. The van der Waals surface area contributed by atoms with Gasteiger partial charge in [0.1, 0.15) is 4.90 Å². The van der Waals surface area contributed by atoms with E-state index in [4.69, 9.17) is 5.11 Å². The summed E-state index contributed by atoms with van der Waals surface area (Å²) in [5, 5.41) is 9.11. The normalized spacial score (nSPS) is 15.3. The van der Waals surface area contributed by atoms with Crippen LogP contribution in [0.5, 0.6) is 0 Å². The monoisotopic (exact) mass is 297 g/mol. The number of rotatable bonds is 5. The van der Waals surface area contributed by atoms with Crippen LogP contribution in [0.15, 0.2) is 17.0 Å². The Hall–Kier alpha value is -1.12. The fraction of sp³-hybridized carbons (Fsp3) is 0.455. The molecule has 0 saturated heterocycles. The summed E-state index contributed by atoms with van der Waals surface area (Å²) in [6.45, 7) is 2.92. The lowest BCUT2D eigenvalue weighted by Crippen LogP contribution is -2.35. The summed E-state index contributed by atoms with van der Waals surface area (Å²) in [5.74, 6) is -5.07. The Kier molecular flexibility index (Phi) is 4.94. The van der Waals surface area contributed by atoms with Crippen LogP contribution in [-0.4, -0.2) is 25.7 Å². The van der Waals surface area contributed by atoms with Crippen LogP contribution >= 0.6 is 0 Å². The van der Waals surface area contributed by atoms with E-state index in [9.17, 15) is 21.6 Å². The zero-order valence-electron chi connectivity index (χ0n) is 10.3. The summed E-state index contributed by atoms with van der Waals surface area (Å²) in [4.78, 5) is -0.969. The summed E-state index contributed by atoms with van der Waals surface area (Å²) >= 11 is 0. The Balaban J connectivity index is 3.05. The van der Waals surface area contributed by atoms with E-state index in [0.29, 0.717) is 12.1 Å². The Morgan fingerprint density at radius 1 is 1.21 bits per heavy atom. The van der Waals surface area contributed by atoms with Crippen molar-refractivity contribution in [1.82, 2.24) is 4.72 Å². The fourth-order valence-corrected chi connectivity index (χ4v) is 2.93. The number of nitrogens with one attached hydrogen (secondary N) is 1. The topological polar surface area (TPSA) is 66.4 Å². The molecule has 0 aliphatic carbocycles. The maximum absolute atomic E-state index is 13.4. The highest BCUT2D eigenvalue weighted by Gasteiger charge is 2.25. The molecule has 0 saturated carbocycles. The van der Waals surface area contributed by atoms with Gasteiger partial charge in [-0.25, -0.2) is 26.3 Å². The van der Waals surface area contributed by atoms with Crippen molar-refractivity contribution in [2.24, 2.45) is 0 Å². The summed E-state index contributed by atoms with van der Waals surface area (Å²) in [5.41, 5.74) is 0. The average molecular weight is 297 g/mol. The number of hydrogen-bond acceptors (Lipinski definition) is 3. The minimum atomic E-state index is -4.32. The second-order valence-corrected chi connectivity index (χ2v) is 5.96. The number of hydrogen-bond donors (Lipinski definition) is 2. The predicted octanol–water partition coefficient (Wildman–Crippen LogP) is 1.54. The molecular formula is C11H14F3NO3S. The first kappa shape index (κ1) is 15.9. The van der Waals surface area contributed by atoms with E-state index >= 15 is 0 Å². The molecule has 0 amide bonds. The smallest absolute Gasteiger partial charge is 0.243 e. The standard InChI is InChI=1S/C11H14F3NO3S/c1-6(5-7(2)16)15-19(17,18)9-4-3-8(12)10(13)11(9)14/h3-4,6-7,15-16H,5H2,1-2H3. The maximum Gasteiger partial charge on any atom is 0.243 e. The SMILES string of the molecule is CC(O)CC(C)NS(=O)(=O)c1ccc(F)c(F)c1F. The van der Waals surface area contributed by atoms with E-state index in [-0.39, 0.29) is 6.42 Å². The van der Waals surface area contributed by atoms with Gasteiger partial charge >= 0.3 is 0 Å². The predicted molar refractivity (Wildman–Crippen MR) is 62.4 cm³/mol. The number of halogens is 3. The van der Waals surface area contributed by atoms with Crippen molar-refractivity contribution in [3.8, 4) is 0 Å². The molecule has 1 aromatic carbocycles. The average Bonchev–Trinajstić information content (AvgIpc) is 2.23. The van der Waals surface area contributed by atoms with Gasteiger partial charge in [-0.3, -0.25) is 0 Å². The third-order valence-corrected chi connectivity index (χ3v) is 3.95. The zero-order valence-corrected chi connectivity index (χ0v) is 11.1. The van der Waals surface area contributed by atoms with Gasteiger partial charge in [0.2, 0.25) is 10.0 Å².